The number of phenols is 1. The summed E-state index contributed by atoms with van der Waals surface area (Å²) >= 11 is 11.0. The van der Waals surface area contributed by atoms with Crippen molar-refractivity contribution < 1.29 is 5.11 Å². The Hall–Kier alpha value is -2.11. The number of hydrazone groups is 1. The lowest BCUT2D eigenvalue weighted by Crippen LogP contribution is -2.23. The van der Waals surface area contributed by atoms with Crippen molar-refractivity contribution in [2.75, 3.05) is 5.32 Å². The molecular formula is C14H12ClN3OS. The third-order valence-corrected chi connectivity index (χ3v) is 2.82. The van der Waals surface area contributed by atoms with Crippen molar-refractivity contribution in [2.24, 2.45) is 5.10 Å². The van der Waals surface area contributed by atoms with Gasteiger partial charge in [-0.1, -0.05) is 29.8 Å². The molecule has 0 saturated heterocycles. The van der Waals surface area contributed by atoms with E-state index < -0.39 is 0 Å². The van der Waals surface area contributed by atoms with Gasteiger partial charge in [0.15, 0.2) is 5.11 Å². The lowest BCUT2D eigenvalue weighted by Gasteiger charge is -2.07. The molecule has 2 aromatic carbocycles. The Labute approximate surface area is 127 Å². The predicted molar refractivity (Wildman–Crippen MR) is 86.5 cm³/mol. The Morgan fingerprint density at radius 3 is 2.75 bits per heavy atom. The number of hydrogen-bond acceptors (Lipinski definition) is 3. The molecular weight excluding hydrogens is 294 g/mol. The molecule has 0 heterocycles. The molecule has 0 fully saturated rings. The summed E-state index contributed by atoms with van der Waals surface area (Å²) in [5.74, 6) is 0.159. The lowest BCUT2D eigenvalue weighted by molar-refractivity contribution is 0.474. The van der Waals surface area contributed by atoms with E-state index in [9.17, 15) is 5.11 Å². The average molecular weight is 306 g/mol. The minimum Gasteiger partial charge on any atom is -0.507 e. The summed E-state index contributed by atoms with van der Waals surface area (Å²) < 4.78 is 0. The topological polar surface area (TPSA) is 56.7 Å². The smallest absolute Gasteiger partial charge is 0.191 e. The zero-order valence-corrected chi connectivity index (χ0v) is 11.9. The Kier molecular flexibility index (Phi) is 4.92. The number of anilines is 1. The van der Waals surface area contributed by atoms with Crippen molar-refractivity contribution in [3.05, 3.63) is 59.1 Å². The lowest BCUT2D eigenvalue weighted by atomic mass is 10.2. The van der Waals surface area contributed by atoms with Gasteiger partial charge in [0.2, 0.25) is 0 Å². The zero-order valence-electron chi connectivity index (χ0n) is 10.4. The van der Waals surface area contributed by atoms with Gasteiger partial charge in [-0.05, 0) is 42.5 Å². The largest absolute Gasteiger partial charge is 0.507 e. The average Bonchev–Trinajstić information content (AvgIpc) is 2.41. The molecule has 0 aliphatic carbocycles. The van der Waals surface area contributed by atoms with E-state index in [2.05, 4.69) is 15.8 Å². The van der Waals surface area contributed by atoms with Gasteiger partial charge in [0.1, 0.15) is 5.75 Å². The molecule has 0 amide bonds. The first-order valence-electron chi connectivity index (χ1n) is 5.79. The van der Waals surface area contributed by atoms with Crippen LogP contribution in [0.1, 0.15) is 5.56 Å². The molecule has 0 spiro atoms. The van der Waals surface area contributed by atoms with Crippen molar-refractivity contribution in [3.63, 3.8) is 0 Å². The number of para-hydroxylation sites is 1. The third-order valence-electron chi connectivity index (χ3n) is 2.39. The van der Waals surface area contributed by atoms with E-state index >= 15 is 0 Å². The molecule has 0 aliphatic heterocycles. The fourth-order valence-corrected chi connectivity index (χ4v) is 1.84. The van der Waals surface area contributed by atoms with Crippen molar-refractivity contribution in [2.45, 2.75) is 0 Å². The Balaban J connectivity index is 1.91. The maximum Gasteiger partial charge on any atom is 0.191 e. The quantitative estimate of drug-likeness (QED) is 0.462. The number of nitrogens with zero attached hydrogens (tertiary/aromatic N) is 1. The van der Waals surface area contributed by atoms with Gasteiger partial charge < -0.3 is 10.4 Å². The van der Waals surface area contributed by atoms with Crippen molar-refractivity contribution in [1.29, 1.82) is 0 Å². The number of phenolic OH excluding ortho intramolecular Hbond substituents is 1. The summed E-state index contributed by atoms with van der Waals surface area (Å²) in [5, 5.41) is 17.4. The minimum absolute atomic E-state index is 0.159. The molecule has 2 rings (SSSR count). The van der Waals surface area contributed by atoms with E-state index in [1.165, 1.54) is 6.21 Å². The number of halogens is 1. The molecule has 0 radical (unpaired) electrons. The van der Waals surface area contributed by atoms with Crippen LogP contribution in [0.4, 0.5) is 5.69 Å². The zero-order chi connectivity index (χ0) is 14.4. The SMILES string of the molecule is Oc1ccccc1/C=N\NC(=S)Nc1cccc(Cl)c1. The molecule has 0 aliphatic rings. The highest BCUT2D eigenvalue weighted by Crippen LogP contribution is 2.15. The summed E-state index contributed by atoms with van der Waals surface area (Å²) in [6.45, 7) is 0. The number of nitrogens with one attached hydrogen (secondary N) is 2. The van der Waals surface area contributed by atoms with Gasteiger partial charge in [0.05, 0.1) is 6.21 Å². The fraction of sp³-hybridized carbons (Fsp3) is 0. The van der Waals surface area contributed by atoms with Crippen LogP contribution in [-0.2, 0) is 0 Å². The summed E-state index contributed by atoms with van der Waals surface area (Å²) in [7, 11) is 0. The van der Waals surface area contributed by atoms with E-state index in [0.717, 1.165) is 5.69 Å². The number of rotatable bonds is 3. The molecule has 20 heavy (non-hydrogen) atoms. The fourth-order valence-electron chi connectivity index (χ4n) is 1.48. The monoisotopic (exact) mass is 305 g/mol. The highest BCUT2D eigenvalue weighted by molar-refractivity contribution is 7.80. The molecule has 2 aromatic rings. The summed E-state index contributed by atoms with van der Waals surface area (Å²) in [4.78, 5) is 0. The van der Waals surface area contributed by atoms with Crippen molar-refractivity contribution in [1.82, 2.24) is 5.43 Å². The normalized spacial score (nSPS) is 10.4. The Morgan fingerprint density at radius 1 is 1.20 bits per heavy atom. The van der Waals surface area contributed by atoms with Crippen LogP contribution in [0.5, 0.6) is 5.75 Å². The summed E-state index contributed by atoms with van der Waals surface area (Å²) in [6, 6.07) is 14.1. The van der Waals surface area contributed by atoms with Gasteiger partial charge in [-0.3, -0.25) is 5.43 Å². The second kappa shape index (κ2) is 6.88. The van der Waals surface area contributed by atoms with E-state index in [4.69, 9.17) is 23.8 Å². The highest BCUT2D eigenvalue weighted by atomic mass is 35.5. The maximum absolute atomic E-state index is 9.56. The van der Waals surface area contributed by atoms with Crippen LogP contribution in [0.15, 0.2) is 53.6 Å². The van der Waals surface area contributed by atoms with Crippen LogP contribution in [-0.4, -0.2) is 16.4 Å². The molecule has 6 heteroatoms. The van der Waals surface area contributed by atoms with Gasteiger partial charge >= 0.3 is 0 Å². The van der Waals surface area contributed by atoms with E-state index in [1.807, 2.05) is 18.2 Å². The molecule has 3 N–H and O–H groups in total. The van der Waals surface area contributed by atoms with Crippen molar-refractivity contribution >= 4 is 40.8 Å². The van der Waals surface area contributed by atoms with E-state index in [0.29, 0.717) is 15.7 Å². The van der Waals surface area contributed by atoms with Crippen LogP contribution in [0.2, 0.25) is 5.02 Å². The van der Waals surface area contributed by atoms with Crippen molar-refractivity contribution in [3.8, 4) is 5.75 Å². The van der Waals surface area contributed by atoms with Gasteiger partial charge in [0.25, 0.3) is 0 Å². The van der Waals surface area contributed by atoms with Crippen LogP contribution in [0.3, 0.4) is 0 Å². The van der Waals surface area contributed by atoms with Gasteiger partial charge in [0, 0.05) is 16.3 Å². The van der Waals surface area contributed by atoms with E-state index in [1.54, 1.807) is 30.3 Å². The first kappa shape index (κ1) is 14.3. The summed E-state index contributed by atoms with van der Waals surface area (Å²) in [5.41, 5.74) is 4.04. The van der Waals surface area contributed by atoms with Crippen LogP contribution in [0, 0.1) is 0 Å². The first-order chi connectivity index (χ1) is 9.65. The molecule has 102 valence electrons. The minimum atomic E-state index is 0.159. The van der Waals surface area contributed by atoms with Gasteiger partial charge in [-0.2, -0.15) is 5.10 Å². The standard InChI is InChI=1S/C14H12ClN3OS/c15-11-5-3-6-12(8-11)17-14(20)18-16-9-10-4-1-2-7-13(10)19/h1-9,19H,(H2,17,18,20)/b16-9-. The van der Waals surface area contributed by atoms with Crippen LogP contribution >= 0.6 is 23.8 Å². The van der Waals surface area contributed by atoms with Gasteiger partial charge in [-0.15, -0.1) is 0 Å². The summed E-state index contributed by atoms with van der Waals surface area (Å²) in [6.07, 6.45) is 1.49. The van der Waals surface area contributed by atoms with Gasteiger partial charge in [-0.25, -0.2) is 0 Å². The number of thiocarbonyl (C=S) groups is 1. The molecule has 4 nitrogen and oxygen atoms in total. The Bertz CT molecular complexity index is 646. The van der Waals surface area contributed by atoms with E-state index in [-0.39, 0.29) is 5.75 Å². The second-order valence-corrected chi connectivity index (χ2v) is 4.74. The predicted octanol–water partition coefficient (Wildman–Crippen LogP) is 3.37. The van der Waals surface area contributed by atoms with Crippen LogP contribution < -0.4 is 10.7 Å². The number of aromatic hydroxyl groups is 1. The number of hydrogen-bond donors (Lipinski definition) is 3. The maximum atomic E-state index is 9.56. The molecule has 0 atom stereocenters. The third kappa shape index (κ3) is 4.22. The molecule has 0 unspecified atom stereocenters. The second-order valence-electron chi connectivity index (χ2n) is 3.89. The molecule has 0 saturated carbocycles. The number of benzene rings is 2. The Morgan fingerprint density at radius 2 is 2.00 bits per heavy atom. The molecule has 0 aromatic heterocycles. The van der Waals surface area contributed by atoms with Crippen LogP contribution in [0.25, 0.3) is 0 Å². The first-order valence-corrected chi connectivity index (χ1v) is 6.57. The highest BCUT2D eigenvalue weighted by Gasteiger charge is 1.98. The molecule has 0 bridgehead atoms.